The van der Waals surface area contributed by atoms with Crippen molar-refractivity contribution in [3.63, 3.8) is 0 Å². The van der Waals surface area contributed by atoms with Gasteiger partial charge in [-0.1, -0.05) is 0 Å². The van der Waals surface area contributed by atoms with Gasteiger partial charge in [0, 0.05) is 13.2 Å². The fourth-order valence-electron chi connectivity index (χ4n) is 2.30. The average molecular weight is 286 g/mol. The standard InChI is InChI=1S/C15H14N2O4/c1-8-11(7-17(2)16-8)15-14(19)13(18)10-6-9(20-3)4-5-12(10)21-15/h4-7,19H,1-3H3. The topological polar surface area (TPSA) is 77.5 Å². The minimum atomic E-state index is -0.492. The second-order valence-corrected chi connectivity index (χ2v) is 4.77. The highest BCUT2D eigenvalue weighted by Gasteiger charge is 2.19. The van der Waals surface area contributed by atoms with Crippen molar-refractivity contribution in [2.45, 2.75) is 6.92 Å². The largest absolute Gasteiger partial charge is 0.502 e. The SMILES string of the molecule is COc1ccc2oc(-c3cn(C)nc3C)c(O)c(=O)c2c1. The van der Waals surface area contributed by atoms with Gasteiger partial charge in [-0.05, 0) is 25.1 Å². The van der Waals surface area contributed by atoms with Crippen molar-refractivity contribution in [1.82, 2.24) is 9.78 Å². The maximum Gasteiger partial charge on any atom is 0.235 e. The van der Waals surface area contributed by atoms with Crippen molar-refractivity contribution in [2.24, 2.45) is 7.05 Å². The third-order valence-electron chi connectivity index (χ3n) is 3.33. The molecule has 108 valence electrons. The zero-order valence-electron chi connectivity index (χ0n) is 11.9. The van der Waals surface area contributed by atoms with Crippen molar-refractivity contribution in [3.05, 3.63) is 40.3 Å². The Morgan fingerprint density at radius 2 is 2.14 bits per heavy atom. The van der Waals surface area contributed by atoms with Gasteiger partial charge in [0.05, 0.1) is 23.8 Å². The highest BCUT2D eigenvalue weighted by molar-refractivity contribution is 5.83. The van der Waals surface area contributed by atoms with Gasteiger partial charge >= 0.3 is 0 Å². The molecule has 0 aliphatic rings. The maximum absolute atomic E-state index is 12.3. The summed E-state index contributed by atoms with van der Waals surface area (Å²) in [7, 11) is 3.27. The molecule has 0 aliphatic heterocycles. The van der Waals surface area contributed by atoms with E-state index in [1.165, 1.54) is 7.11 Å². The van der Waals surface area contributed by atoms with E-state index in [2.05, 4.69) is 5.10 Å². The lowest BCUT2D eigenvalue weighted by Gasteiger charge is -2.06. The van der Waals surface area contributed by atoms with E-state index >= 15 is 0 Å². The fourth-order valence-corrected chi connectivity index (χ4v) is 2.30. The van der Waals surface area contributed by atoms with Gasteiger partial charge in [0.1, 0.15) is 11.3 Å². The number of aryl methyl sites for hydroxylation is 2. The predicted octanol–water partition coefficient (Wildman–Crippen LogP) is 2.22. The number of methoxy groups -OCH3 is 1. The van der Waals surface area contributed by atoms with E-state index in [0.29, 0.717) is 22.6 Å². The Kier molecular flexibility index (Phi) is 2.94. The normalized spacial score (nSPS) is 11.0. The Hall–Kier alpha value is -2.76. The van der Waals surface area contributed by atoms with Crippen LogP contribution >= 0.6 is 0 Å². The van der Waals surface area contributed by atoms with Crippen LogP contribution in [0.3, 0.4) is 0 Å². The van der Waals surface area contributed by atoms with Gasteiger partial charge in [0.2, 0.25) is 11.2 Å². The molecule has 0 saturated heterocycles. The zero-order chi connectivity index (χ0) is 15.1. The number of aromatic hydroxyl groups is 1. The lowest BCUT2D eigenvalue weighted by atomic mass is 10.1. The first-order valence-electron chi connectivity index (χ1n) is 6.35. The monoisotopic (exact) mass is 286 g/mol. The van der Waals surface area contributed by atoms with Crippen LogP contribution in [0.15, 0.2) is 33.6 Å². The first-order valence-corrected chi connectivity index (χ1v) is 6.35. The molecule has 0 amide bonds. The molecule has 2 heterocycles. The van der Waals surface area contributed by atoms with E-state index in [4.69, 9.17) is 9.15 Å². The third kappa shape index (κ3) is 2.05. The molecule has 0 atom stereocenters. The van der Waals surface area contributed by atoms with Gasteiger partial charge in [-0.25, -0.2) is 0 Å². The molecular formula is C15H14N2O4. The van der Waals surface area contributed by atoms with E-state index in [0.717, 1.165) is 0 Å². The number of rotatable bonds is 2. The molecule has 0 aliphatic carbocycles. The number of hydrogen-bond donors (Lipinski definition) is 1. The van der Waals surface area contributed by atoms with Crippen molar-refractivity contribution < 1.29 is 14.3 Å². The molecule has 1 N–H and O–H groups in total. The van der Waals surface area contributed by atoms with Gasteiger partial charge < -0.3 is 14.3 Å². The molecule has 6 heteroatoms. The number of nitrogens with zero attached hydrogens (tertiary/aromatic N) is 2. The molecule has 0 spiro atoms. The van der Waals surface area contributed by atoms with Gasteiger partial charge in [0.25, 0.3) is 0 Å². The second-order valence-electron chi connectivity index (χ2n) is 4.77. The van der Waals surface area contributed by atoms with E-state index in [9.17, 15) is 9.90 Å². The van der Waals surface area contributed by atoms with Crippen LogP contribution in [-0.4, -0.2) is 22.0 Å². The smallest absolute Gasteiger partial charge is 0.235 e. The predicted molar refractivity (Wildman–Crippen MR) is 77.6 cm³/mol. The fraction of sp³-hybridized carbons (Fsp3) is 0.200. The number of aromatic nitrogens is 2. The quantitative estimate of drug-likeness (QED) is 0.781. The summed E-state index contributed by atoms with van der Waals surface area (Å²) in [6, 6.07) is 4.88. The summed E-state index contributed by atoms with van der Waals surface area (Å²) in [5.41, 5.74) is 1.15. The molecule has 2 aromatic heterocycles. The number of fused-ring (bicyclic) bond motifs is 1. The Labute approximate surface area is 120 Å². The lowest BCUT2D eigenvalue weighted by Crippen LogP contribution is -2.03. The summed E-state index contributed by atoms with van der Waals surface area (Å²) in [5.74, 6) is 0.231. The molecule has 3 rings (SSSR count). The van der Waals surface area contributed by atoms with Crippen LogP contribution in [0.4, 0.5) is 0 Å². The van der Waals surface area contributed by atoms with E-state index < -0.39 is 11.2 Å². The van der Waals surface area contributed by atoms with Crippen LogP contribution in [0.5, 0.6) is 11.5 Å². The van der Waals surface area contributed by atoms with Crippen LogP contribution in [0.25, 0.3) is 22.3 Å². The molecule has 3 aromatic rings. The van der Waals surface area contributed by atoms with E-state index in [-0.39, 0.29) is 11.1 Å². The highest BCUT2D eigenvalue weighted by atomic mass is 16.5. The first kappa shape index (κ1) is 13.2. The molecule has 21 heavy (non-hydrogen) atoms. The van der Waals surface area contributed by atoms with E-state index in [1.54, 1.807) is 43.0 Å². The summed E-state index contributed by atoms with van der Waals surface area (Å²) in [6.45, 7) is 1.78. The lowest BCUT2D eigenvalue weighted by molar-refractivity contribution is 0.414. The Morgan fingerprint density at radius 1 is 1.38 bits per heavy atom. The van der Waals surface area contributed by atoms with Gasteiger partial charge in [-0.2, -0.15) is 5.10 Å². The summed E-state index contributed by atoms with van der Waals surface area (Å²) in [5, 5.41) is 14.6. The summed E-state index contributed by atoms with van der Waals surface area (Å²) in [6.07, 6.45) is 1.70. The van der Waals surface area contributed by atoms with Crippen molar-refractivity contribution in [1.29, 1.82) is 0 Å². The Bertz CT molecular complexity index is 893. The molecule has 0 radical (unpaired) electrons. The average Bonchev–Trinajstić information content (AvgIpc) is 2.81. The number of benzene rings is 1. The maximum atomic E-state index is 12.3. The first-order chi connectivity index (χ1) is 10.0. The Balaban J connectivity index is 2.33. The summed E-state index contributed by atoms with van der Waals surface area (Å²) < 4.78 is 12.4. The van der Waals surface area contributed by atoms with Crippen LogP contribution in [0.2, 0.25) is 0 Å². The van der Waals surface area contributed by atoms with Crippen LogP contribution in [-0.2, 0) is 7.05 Å². The Morgan fingerprint density at radius 3 is 2.76 bits per heavy atom. The number of ether oxygens (including phenoxy) is 1. The molecule has 0 fully saturated rings. The second kappa shape index (κ2) is 4.66. The van der Waals surface area contributed by atoms with Crippen molar-refractivity contribution in [3.8, 4) is 22.8 Å². The minimum absolute atomic E-state index is 0.128. The third-order valence-corrected chi connectivity index (χ3v) is 3.33. The summed E-state index contributed by atoms with van der Waals surface area (Å²) >= 11 is 0. The zero-order valence-corrected chi connectivity index (χ0v) is 11.9. The van der Waals surface area contributed by atoms with E-state index in [1.807, 2.05) is 0 Å². The van der Waals surface area contributed by atoms with Crippen molar-refractivity contribution in [2.75, 3.05) is 7.11 Å². The van der Waals surface area contributed by atoms with Crippen molar-refractivity contribution >= 4 is 11.0 Å². The molecule has 0 saturated carbocycles. The molecular weight excluding hydrogens is 272 g/mol. The molecule has 0 unspecified atom stereocenters. The van der Waals surface area contributed by atoms with Crippen LogP contribution in [0.1, 0.15) is 5.69 Å². The van der Waals surface area contributed by atoms with Gasteiger partial charge in [-0.3, -0.25) is 9.48 Å². The molecule has 6 nitrogen and oxygen atoms in total. The van der Waals surface area contributed by atoms with Crippen LogP contribution < -0.4 is 10.2 Å². The minimum Gasteiger partial charge on any atom is -0.502 e. The molecule has 1 aromatic carbocycles. The number of hydrogen-bond acceptors (Lipinski definition) is 5. The highest BCUT2D eigenvalue weighted by Crippen LogP contribution is 2.32. The van der Waals surface area contributed by atoms with Crippen LogP contribution in [0, 0.1) is 6.92 Å². The van der Waals surface area contributed by atoms with Gasteiger partial charge in [0.15, 0.2) is 5.76 Å². The van der Waals surface area contributed by atoms with Gasteiger partial charge in [-0.15, -0.1) is 0 Å². The molecule has 0 bridgehead atoms. The summed E-state index contributed by atoms with van der Waals surface area (Å²) in [4.78, 5) is 12.3.